The first-order valence-electron chi connectivity index (χ1n) is 7.76. The van der Waals surface area contributed by atoms with E-state index < -0.39 is 18.5 Å². The van der Waals surface area contributed by atoms with Crippen LogP contribution in [0.3, 0.4) is 0 Å². The van der Waals surface area contributed by atoms with Crippen LogP contribution >= 0.6 is 34.5 Å². The van der Waals surface area contributed by atoms with E-state index in [9.17, 15) is 9.59 Å². The topological polar surface area (TPSA) is 73.9 Å². The molecule has 2 aromatic rings. The summed E-state index contributed by atoms with van der Waals surface area (Å²) in [5.74, 6) is -0.107. The summed E-state index contributed by atoms with van der Waals surface area (Å²) < 4.78 is 16.5. The molecular weight excluding hydrogens is 401 g/mol. The maximum Gasteiger partial charge on any atom is 0.341 e. The number of halogens is 2. The van der Waals surface area contributed by atoms with E-state index in [2.05, 4.69) is 5.32 Å². The largest absolute Gasteiger partial charge is 0.490 e. The van der Waals surface area contributed by atoms with E-state index in [0.717, 1.165) is 11.3 Å². The van der Waals surface area contributed by atoms with Crippen LogP contribution in [0.25, 0.3) is 0 Å². The maximum absolute atomic E-state index is 12.0. The quantitative estimate of drug-likeness (QED) is 0.632. The number of carbonyl (C=O) groups is 2. The Morgan fingerprint density at radius 1 is 1.08 bits per heavy atom. The van der Waals surface area contributed by atoms with E-state index >= 15 is 0 Å². The average molecular weight is 418 g/mol. The van der Waals surface area contributed by atoms with Crippen molar-refractivity contribution in [3.63, 3.8) is 0 Å². The van der Waals surface area contributed by atoms with E-state index in [0.29, 0.717) is 34.7 Å². The van der Waals surface area contributed by atoms with Gasteiger partial charge in [-0.3, -0.25) is 4.79 Å². The molecule has 0 aliphatic rings. The standard InChI is InChI=1S/C17H17Cl2NO5S/c1-3-23-12-6-5-10(7-13(12)24-4-2)20-15(21)9-25-17(22)11-8-14(18)26-16(11)19/h5-8H,3-4,9H2,1-2H3,(H,20,21). The fourth-order valence-corrected chi connectivity index (χ4v) is 3.45. The van der Waals surface area contributed by atoms with Crippen molar-refractivity contribution in [2.75, 3.05) is 25.1 Å². The number of hydrogen-bond donors (Lipinski definition) is 1. The Bertz CT molecular complexity index is 793. The number of esters is 1. The summed E-state index contributed by atoms with van der Waals surface area (Å²) in [6.45, 7) is 4.21. The summed E-state index contributed by atoms with van der Waals surface area (Å²) >= 11 is 12.7. The van der Waals surface area contributed by atoms with E-state index in [1.807, 2.05) is 13.8 Å². The molecule has 140 valence electrons. The number of thiophene rings is 1. The van der Waals surface area contributed by atoms with Crippen LogP contribution in [0.5, 0.6) is 11.5 Å². The molecular formula is C17H17Cl2NO5S. The molecule has 9 heteroatoms. The van der Waals surface area contributed by atoms with Gasteiger partial charge >= 0.3 is 5.97 Å². The minimum Gasteiger partial charge on any atom is -0.490 e. The number of amides is 1. The predicted octanol–water partition coefficient (Wildman–Crippen LogP) is 4.65. The van der Waals surface area contributed by atoms with Gasteiger partial charge in [0.2, 0.25) is 0 Å². The molecule has 26 heavy (non-hydrogen) atoms. The molecule has 0 spiro atoms. The summed E-state index contributed by atoms with van der Waals surface area (Å²) in [6.07, 6.45) is 0. The lowest BCUT2D eigenvalue weighted by Gasteiger charge is -2.13. The average Bonchev–Trinajstić information content (AvgIpc) is 2.94. The van der Waals surface area contributed by atoms with Crippen molar-refractivity contribution in [1.82, 2.24) is 0 Å². The van der Waals surface area contributed by atoms with Gasteiger partial charge in [-0.15, -0.1) is 11.3 Å². The number of carbonyl (C=O) groups excluding carboxylic acids is 2. The molecule has 1 N–H and O–H groups in total. The Morgan fingerprint density at radius 3 is 2.38 bits per heavy atom. The molecule has 0 saturated heterocycles. The van der Waals surface area contributed by atoms with Crippen LogP contribution in [0, 0.1) is 0 Å². The maximum atomic E-state index is 12.0. The van der Waals surface area contributed by atoms with Gasteiger partial charge in [0.1, 0.15) is 4.34 Å². The number of ether oxygens (including phenoxy) is 3. The van der Waals surface area contributed by atoms with E-state index in [1.165, 1.54) is 6.07 Å². The highest BCUT2D eigenvalue weighted by molar-refractivity contribution is 7.20. The first kappa shape index (κ1) is 20.4. The third-order valence-corrected chi connectivity index (χ3v) is 4.53. The van der Waals surface area contributed by atoms with Crippen molar-refractivity contribution in [2.24, 2.45) is 0 Å². The first-order valence-corrected chi connectivity index (χ1v) is 9.33. The number of benzene rings is 1. The summed E-state index contributed by atoms with van der Waals surface area (Å²) in [5.41, 5.74) is 0.628. The molecule has 6 nitrogen and oxygen atoms in total. The molecule has 1 heterocycles. The summed E-state index contributed by atoms with van der Waals surface area (Å²) in [5, 5.41) is 2.63. The van der Waals surface area contributed by atoms with E-state index in [4.69, 9.17) is 37.4 Å². The highest BCUT2D eigenvalue weighted by Crippen LogP contribution is 2.32. The zero-order chi connectivity index (χ0) is 19.1. The zero-order valence-corrected chi connectivity index (χ0v) is 16.5. The summed E-state index contributed by atoms with van der Waals surface area (Å²) in [6, 6.07) is 6.41. The van der Waals surface area contributed by atoms with Gasteiger partial charge in [-0.2, -0.15) is 0 Å². The third-order valence-electron chi connectivity index (χ3n) is 3.04. The third kappa shape index (κ3) is 5.52. The van der Waals surface area contributed by atoms with Crippen molar-refractivity contribution in [3.8, 4) is 11.5 Å². The van der Waals surface area contributed by atoms with Crippen molar-refractivity contribution in [2.45, 2.75) is 13.8 Å². The lowest BCUT2D eigenvalue weighted by Crippen LogP contribution is -2.20. The van der Waals surface area contributed by atoms with E-state index in [-0.39, 0.29) is 9.90 Å². The van der Waals surface area contributed by atoms with Crippen molar-refractivity contribution >= 4 is 52.1 Å². The first-order chi connectivity index (χ1) is 12.4. The predicted molar refractivity (Wildman–Crippen MR) is 102 cm³/mol. The molecule has 2 rings (SSSR count). The lowest BCUT2D eigenvalue weighted by molar-refractivity contribution is -0.119. The van der Waals surface area contributed by atoms with Crippen LogP contribution in [0.4, 0.5) is 5.69 Å². The molecule has 0 aliphatic heterocycles. The molecule has 0 aliphatic carbocycles. The Hall–Kier alpha value is -1.96. The summed E-state index contributed by atoms with van der Waals surface area (Å²) in [7, 11) is 0. The number of rotatable bonds is 8. The molecule has 1 amide bonds. The van der Waals surface area contributed by atoms with Gasteiger partial charge in [0.05, 0.1) is 23.1 Å². The molecule has 1 aromatic heterocycles. The molecule has 0 bridgehead atoms. The molecule has 1 aromatic carbocycles. The fraction of sp³-hybridized carbons (Fsp3) is 0.294. The van der Waals surface area contributed by atoms with Crippen molar-refractivity contribution < 1.29 is 23.8 Å². The van der Waals surface area contributed by atoms with Gasteiger partial charge in [-0.1, -0.05) is 23.2 Å². The second-order valence-electron chi connectivity index (χ2n) is 4.89. The van der Waals surface area contributed by atoms with Crippen LogP contribution in [0.15, 0.2) is 24.3 Å². The lowest BCUT2D eigenvalue weighted by atomic mass is 10.2. The molecule has 0 saturated carbocycles. The summed E-state index contributed by atoms with van der Waals surface area (Å²) in [4.78, 5) is 23.9. The van der Waals surface area contributed by atoms with E-state index in [1.54, 1.807) is 18.2 Å². The minimum absolute atomic E-state index is 0.133. The second kappa shape index (κ2) is 9.66. The monoisotopic (exact) mass is 417 g/mol. The van der Waals surface area contributed by atoms with Gasteiger partial charge in [-0.25, -0.2) is 4.79 Å². The number of hydrogen-bond acceptors (Lipinski definition) is 6. The molecule has 0 atom stereocenters. The highest BCUT2D eigenvalue weighted by atomic mass is 35.5. The fourth-order valence-electron chi connectivity index (χ4n) is 2.01. The molecule has 0 fully saturated rings. The normalized spacial score (nSPS) is 10.3. The van der Waals surface area contributed by atoms with Crippen LogP contribution in [0.2, 0.25) is 8.67 Å². The highest BCUT2D eigenvalue weighted by Gasteiger charge is 2.17. The Labute approximate surface area is 165 Å². The molecule has 0 radical (unpaired) electrons. The van der Waals surface area contributed by atoms with Gasteiger partial charge in [0.25, 0.3) is 5.91 Å². The van der Waals surface area contributed by atoms with Crippen molar-refractivity contribution in [3.05, 3.63) is 38.5 Å². The zero-order valence-electron chi connectivity index (χ0n) is 14.1. The van der Waals surface area contributed by atoms with Gasteiger partial charge in [-0.05, 0) is 32.0 Å². The van der Waals surface area contributed by atoms with Gasteiger partial charge < -0.3 is 19.5 Å². The minimum atomic E-state index is -0.713. The number of anilines is 1. The van der Waals surface area contributed by atoms with Crippen LogP contribution in [-0.4, -0.2) is 31.7 Å². The van der Waals surface area contributed by atoms with Crippen molar-refractivity contribution in [1.29, 1.82) is 0 Å². The SMILES string of the molecule is CCOc1ccc(NC(=O)COC(=O)c2cc(Cl)sc2Cl)cc1OCC. The van der Waals surface area contributed by atoms with Crippen LogP contribution < -0.4 is 14.8 Å². The van der Waals surface area contributed by atoms with Crippen LogP contribution in [0.1, 0.15) is 24.2 Å². The Kier molecular flexibility index (Phi) is 7.56. The number of nitrogens with one attached hydrogen (secondary N) is 1. The Balaban J connectivity index is 1.95. The second-order valence-corrected chi connectivity index (χ2v) is 7.18. The van der Waals surface area contributed by atoms with Gasteiger partial charge in [0.15, 0.2) is 18.1 Å². The molecule has 0 unspecified atom stereocenters. The van der Waals surface area contributed by atoms with Gasteiger partial charge in [0, 0.05) is 11.8 Å². The van der Waals surface area contributed by atoms with Crippen LogP contribution in [-0.2, 0) is 9.53 Å². The smallest absolute Gasteiger partial charge is 0.341 e. The Morgan fingerprint density at radius 2 is 1.77 bits per heavy atom.